The molecule has 1 aliphatic rings. The fraction of sp³-hybridized carbons (Fsp3) is 0.562. The molecule has 0 spiro atoms. The van der Waals surface area contributed by atoms with Crippen molar-refractivity contribution in [1.29, 1.82) is 0 Å². The fourth-order valence-electron chi connectivity index (χ4n) is 2.71. The van der Waals surface area contributed by atoms with Crippen LogP contribution in [-0.4, -0.2) is 26.1 Å². The lowest BCUT2D eigenvalue weighted by molar-refractivity contribution is -0.124. The number of hydrogen-bond donors (Lipinski definition) is 2. The van der Waals surface area contributed by atoms with Gasteiger partial charge in [-0.1, -0.05) is 18.6 Å². The van der Waals surface area contributed by atoms with Crippen LogP contribution in [0.2, 0.25) is 0 Å². The number of nitrogens with two attached hydrogens (primary N) is 1. The van der Waals surface area contributed by atoms with Gasteiger partial charge in [0.1, 0.15) is 5.75 Å². The lowest BCUT2D eigenvalue weighted by Gasteiger charge is -2.40. The van der Waals surface area contributed by atoms with E-state index in [2.05, 4.69) is 5.32 Å². The van der Waals surface area contributed by atoms with Crippen LogP contribution < -0.4 is 15.8 Å². The second-order valence-electron chi connectivity index (χ2n) is 5.69. The molecule has 0 aliphatic heterocycles. The molecular formula is C16H24N2O2. The third-order valence-electron chi connectivity index (χ3n) is 4.25. The molecule has 1 aromatic carbocycles. The van der Waals surface area contributed by atoms with E-state index in [9.17, 15) is 4.79 Å². The van der Waals surface area contributed by atoms with Gasteiger partial charge in [-0.25, -0.2) is 0 Å². The largest absolute Gasteiger partial charge is 0.497 e. The van der Waals surface area contributed by atoms with E-state index in [4.69, 9.17) is 10.5 Å². The number of carbonyl (C=O) groups excluding carboxylic acids is 1. The molecule has 3 N–H and O–H groups in total. The average Bonchev–Trinajstić information content (AvgIpc) is 2.43. The van der Waals surface area contributed by atoms with Crippen molar-refractivity contribution >= 4 is 5.91 Å². The molecule has 4 heteroatoms. The smallest absolute Gasteiger partial charge is 0.220 e. The van der Waals surface area contributed by atoms with E-state index in [1.54, 1.807) is 7.11 Å². The minimum Gasteiger partial charge on any atom is -0.497 e. The highest BCUT2D eigenvalue weighted by molar-refractivity contribution is 5.76. The molecule has 0 heterocycles. The van der Waals surface area contributed by atoms with Gasteiger partial charge in [0, 0.05) is 13.0 Å². The predicted octanol–water partition coefficient (Wildman–Crippen LogP) is 1.87. The quantitative estimate of drug-likeness (QED) is 0.799. The zero-order valence-electron chi connectivity index (χ0n) is 12.2. The van der Waals surface area contributed by atoms with Gasteiger partial charge in [0.05, 0.1) is 7.11 Å². The van der Waals surface area contributed by atoms with E-state index in [-0.39, 0.29) is 11.3 Å². The van der Waals surface area contributed by atoms with Gasteiger partial charge in [-0.15, -0.1) is 0 Å². The first-order chi connectivity index (χ1) is 9.67. The van der Waals surface area contributed by atoms with Crippen LogP contribution >= 0.6 is 0 Å². The number of methoxy groups -OCH3 is 1. The SMILES string of the molecule is COc1cccc(CCNC(=O)CC2(CN)CCC2)c1. The van der Waals surface area contributed by atoms with Gasteiger partial charge in [0.25, 0.3) is 0 Å². The highest BCUT2D eigenvalue weighted by Gasteiger charge is 2.37. The minimum absolute atomic E-state index is 0.0834. The molecule has 0 bridgehead atoms. The van der Waals surface area contributed by atoms with Crippen molar-refractivity contribution in [2.75, 3.05) is 20.2 Å². The maximum atomic E-state index is 11.9. The van der Waals surface area contributed by atoms with Gasteiger partial charge in [-0.05, 0) is 48.9 Å². The molecule has 1 saturated carbocycles. The minimum atomic E-state index is 0.0834. The lowest BCUT2D eigenvalue weighted by Crippen LogP contribution is -2.42. The summed E-state index contributed by atoms with van der Waals surface area (Å²) >= 11 is 0. The number of nitrogens with one attached hydrogen (secondary N) is 1. The Balaban J connectivity index is 1.73. The van der Waals surface area contributed by atoms with Gasteiger partial charge < -0.3 is 15.8 Å². The Morgan fingerprint density at radius 3 is 2.85 bits per heavy atom. The Morgan fingerprint density at radius 2 is 2.25 bits per heavy atom. The number of rotatable bonds is 7. The van der Waals surface area contributed by atoms with E-state index >= 15 is 0 Å². The van der Waals surface area contributed by atoms with E-state index in [0.29, 0.717) is 19.5 Å². The molecule has 20 heavy (non-hydrogen) atoms. The maximum absolute atomic E-state index is 11.9. The highest BCUT2D eigenvalue weighted by Crippen LogP contribution is 2.42. The Kier molecular flexibility index (Phi) is 5.01. The Hall–Kier alpha value is -1.55. The third-order valence-corrected chi connectivity index (χ3v) is 4.25. The molecular weight excluding hydrogens is 252 g/mol. The molecule has 0 saturated heterocycles. The van der Waals surface area contributed by atoms with Gasteiger partial charge in [-0.2, -0.15) is 0 Å². The van der Waals surface area contributed by atoms with Crippen molar-refractivity contribution in [2.45, 2.75) is 32.1 Å². The normalized spacial score (nSPS) is 16.3. The number of ether oxygens (including phenoxy) is 1. The van der Waals surface area contributed by atoms with Crippen molar-refractivity contribution in [3.8, 4) is 5.75 Å². The number of carbonyl (C=O) groups is 1. The predicted molar refractivity (Wildman–Crippen MR) is 79.7 cm³/mol. The van der Waals surface area contributed by atoms with Gasteiger partial charge in [-0.3, -0.25) is 4.79 Å². The lowest BCUT2D eigenvalue weighted by atomic mass is 9.66. The molecule has 1 amide bonds. The Bertz CT molecular complexity index is 450. The Morgan fingerprint density at radius 1 is 1.45 bits per heavy atom. The van der Waals surface area contributed by atoms with Gasteiger partial charge >= 0.3 is 0 Å². The van der Waals surface area contributed by atoms with Crippen LogP contribution in [0.3, 0.4) is 0 Å². The molecule has 1 aliphatic carbocycles. The molecule has 4 nitrogen and oxygen atoms in total. The molecule has 0 unspecified atom stereocenters. The summed E-state index contributed by atoms with van der Waals surface area (Å²) in [6, 6.07) is 7.93. The van der Waals surface area contributed by atoms with Crippen molar-refractivity contribution < 1.29 is 9.53 Å². The number of hydrogen-bond acceptors (Lipinski definition) is 3. The summed E-state index contributed by atoms with van der Waals surface area (Å²) in [7, 11) is 1.66. The van der Waals surface area contributed by atoms with E-state index < -0.39 is 0 Å². The van der Waals surface area contributed by atoms with Crippen LogP contribution in [0.25, 0.3) is 0 Å². The monoisotopic (exact) mass is 276 g/mol. The first-order valence-corrected chi connectivity index (χ1v) is 7.27. The first-order valence-electron chi connectivity index (χ1n) is 7.27. The molecule has 110 valence electrons. The fourth-order valence-corrected chi connectivity index (χ4v) is 2.71. The summed E-state index contributed by atoms with van der Waals surface area (Å²) in [5.41, 5.74) is 7.03. The first kappa shape index (κ1) is 14.9. The van der Waals surface area contributed by atoms with Crippen LogP contribution in [0.15, 0.2) is 24.3 Å². The number of amides is 1. The maximum Gasteiger partial charge on any atom is 0.220 e. The molecule has 1 fully saturated rings. The van der Waals surface area contributed by atoms with Crippen LogP contribution in [0.5, 0.6) is 5.75 Å². The van der Waals surface area contributed by atoms with Gasteiger partial charge in [0.2, 0.25) is 5.91 Å². The van der Waals surface area contributed by atoms with Crippen molar-refractivity contribution in [2.24, 2.45) is 11.1 Å². The third kappa shape index (κ3) is 3.73. The average molecular weight is 276 g/mol. The van der Waals surface area contributed by atoms with Crippen molar-refractivity contribution in [3.63, 3.8) is 0 Å². The summed E-state index contributed by atoms with van der Waals surface area (Å²) in [5.74, 6) is 0.975. The van der Waals surface area contributed by atoms with Crippen LogP contribution in [-0.2, 0) is 11.2 Å². The van der Waals surface area contributed by atoms with E-state index in [1.165, 1.54) is 12.0 Å². The summed E-state index contributed by atoms with van der Waals surface area (Å²) in [5, 5.41) is 2.99. The standard InChI is InChI=1S/C16H24N2O2/c1-20-14-5-2-4-13(10-14)6-9-18-15(19)11-16(12-17)7-3-8-16/h2,4-5,10H,3,6-9,11-12,17H2,1H3,(H,18,19). The van der Waals surface area contributed by atoms with Crippen molar-refractivity contribution in [1.82, 2.24) is 5.32 Å². The van der Waals surface area contributed by atoms with Crippen LogP contribution in [0.1, 0.15) is 31.2 Å². The summed E-state index contributed by atoms with van der Waals surface area (Å²) in [6.45, 7) is 1.28. The molecule has 0 atom stereocenters. The zero-order valence-corrected chi connectivity index (χ0v) is 12.2. The van der Waals surface area contributed by atoms with E-state index in [1.807, 2.05) is 24.3 Å². The summed E-state index contributed by atoms with van der Waals surface area (Å²) in [6.07, 6.45) is 4.77. The second-order valence-corrected chi connectivity index (χ2v) is 5.69. The molecule has 1 aromatic rings. The second kappa shape index (κ2) is 6.75. The highest BCUT2D eigenvalue weighted by atomic mass is 16.5. The zero-order chi connectivity index (χ0) is 14.4. The van der Waals surface area contributed by atoms with Gasteiger partial charge in [0.15, 0.2) is 0 Å². The van der Waals surface area contributed by atoms with Crippen LogP contribution in [0.4, 0.5) is 0 Å². The van der Waals surface area contributed by atoms with Crippen LogP contribution in [0, 0.1) is 5.41 Å². The molecule has 0 aromatic heterocycles. The Labute approximate surface area is 120 Å². The van der Waals surface area contributed by atoms with E-state index in [0.717, 1.165) is 25.0 Å². The van der Waals surface area contributed by atoms with Crippen molar-refractivity contribution in [3.05, 3.63) is 29.8 Å². The number of benzene rings is 1. The topological polar surface area (TPSA) is 64.3 Å². The summed E-state index contributed by atoms with van der Waals surface area (Å²) < 4.78 is 5.18. The summed E-state index contributed by atoms with van der Waals surface area (Å²) in [4.78, 5) is 11.9. The molecule has 0 radical (unpaired) electrons. The molecule has 2 rings (SSSR count).